The number of aryl methyl sites for hydroxylation is 1. The maximum atomic E-state index is 13.4. The van der Waals surface area contributed by atoms with Gasteiger partial charge in [-0.15, -0.1) is 7.48 Å². The molecule has 0 unspecified atom stereocenters. The molecule has 1 N–H and O–H groups in total. The first-order valence-corrected chi connectivity index (χ1v) is 5.05. The maximum absolute atomic E-state index is 13.4. The Morgan fingerprint density at radius 3 is 2.44 bits per heavy atom. The molecule has 16 heavy (non-hydrogen) atoms. The van der Waals surface area contributed by atoms with Crippen LogP contribution in [0.15, 0.2) is 42.5 Å². The van der Waals surface area contributed by atoms with Crippen molar-refractivity contribution < 1.29 is 9.41 Å². The second-order valence-corrected chi connectivity index (χ2v) is 3.73. The lowest BCUT2D eigenvalue weighted by atomic mass is 9.87. The summed E-state index contributed by atoms with van der Waals surface area (Å²) >= 11 is 0. The summed E-state index contributed by atoms with van der Waals surface area (Å²) < 4.78 is 13.4. The highest BCUT2D eigenvalue weighted by molar-refractivity contribution is 6.45. The molecule has 0 saturated carbocycles. The average Bonchev–Trinajstić information content (AvgIpc) is 2.29. The van der Waals surface area contributed by atoms with E-state index in [0.717, 1.165) is 24.2 Å². The zero-order valence-electron chi connectivity index (χ0n) is 8.94. The fourth-order valence-electron chi connectivity index (χ4n) is 1.64. The molecule has 80 valence electrons. The Labute approximate surface area is 94.8 Å². The highest BCUT2D eigenvalue weighted by Gasteiger charge is 1.99. The van der Waals surface area contributed by atoms with Crippen LogP contribution < -0.4 is 5.46 Å². The third kappa shape index (κ3) is 2.14. The van der Waals surface area contributed by atoms with Gasteiger partial charge < -0.3 is 5.02 Å². The molecule has 2 aromatic rings. The van der Waals surface area contributed by atoms with E-state index in [1.54, 1.807) is 12.1 Å². The van der Waals surface area contributed by atoms with Gasteiger partial charge >= 0.3 is 0 Å². The van der Waals surface area contributed by atoms with Crippen LogP contribution in [0.5, 0.6) is 0 Å². The van der Waals surface area contributed by atoms with Crippen LogP contribution in [-0.4, -0.2) is 12.5 Å². The van der Waals surface area contributed by atoms with Gasteiger partial charge in [0.1, 0.15) is 0 Å². The monoisotopic (exact) mass is 213 g/mol. The number of halogens is 1. The first kappa shape index (κ1) is 10.9. The van der Waals surface area contributed by atoms with E-state index in [1.165, 1.54) is 6.07 Å². The SMILES string of the molecule is Cc1cccc(-c2ccc([B-]O)c(F)c2)c1. The van der Waals surface area contributed by atoms with Gasteiger partial charge in [0.15, 0.2) is 0 Å². The highest BCUT2D eigenvalue weighted by Crippen LogP contribution is 2.20. The second-order valence-electron chi connectivity index (χ2n) is 3.73. The molecule has 2 radical (unpaired) electrons. The Hall–Kier alpha value is -1.61. The summed E-state index contributed by atoms with van der Waals surface area (Å²) in [5.41, 5.74) is 3.13. The number of benzene rings is 2. The predicted molar refractivity (Wildman–Crippen MR) is 64.2 cm³/mol. The summed E-state index contributed by atoms with van der Waals surface area (Å²) in [5.74, 6) is -0.415. The van der Waals surface area contributed by atoms with Gasteiger partial charge in [-0.2, -0.15) is 0 Å². The van der Waals surface area contributed by atoms with Crippen LogP contribution in [0.25, 0.3) is 11.1 Å². The van der Waals surface area contributed by atoms with Crippen molar-refractivity contribution >= 4 is 12.9 Å². The van der Waals surface area contributed by atoms with Gasteiger partial charge in [-0.1, -0.05) is 42.0 Å². The van der Waals surface area contributed by atoms with Crippen molar-refractivity contribution in [1.82, 2.24) is 0 Å². The summed E-state index contributed by atoms with van der Waals surface area (Å²) in [4.78, 5) is 0. The molecule has 0 heterocycles. The summed E-state index contributed by atoms with van der Waals surface area (Å²) in [6.07, 6.45) is 0. The minimum absolute atomic E-state index is 0.205. The summed E-state index contributed by atoms with van der Waals surface area (Å²) in [6.45, 7) is 2.00. The van der Waals surface area contributed by atoms with Gasteiger partial charge in [-0.25, -0.2) is 9.85 Å². The van der Waals surface area contributed by atoms with E-state index in [9.17, 15) is 4.39 Å². The van der Waals surface area contributed by atoms with Gasteiger partial charge in [-0.3, -0.25) is 0 Å². The molecule has 0 aliphatic carbocycles. The van der Waals surface area contributed by atoms with E-state index in [2.05, 4.69) is 0 Å². The van der Waals surface area contributed by atoms with E-state index >= 15 is 0 Å². The third-order valence-corrected chi connectivity index (χ3v) is 2.49. The molecule has 0 atom stereocenters. The van der Waals surface area contributed by atoms with Gasteiger partial charge in [0.25, 0.3) is 0 Å². The number of rotatable bonds is 2. The van der Waals surface area contributed by atoms with Gasteiger partial charge in [0.2, 0.25) is 0 Å². The molecule has 3 heteroatoms. The third-order valence-electron chi connectivity index (χ3n) is 2.49. The van der Waals surface area contributed by atoms with E-state index in [1.807, 2.05) is 31.2 Å². The van der Waals surface area contributed by atoms with Gasteiger partial charge in [0.05, 0.1) is 5.82 Å². The largest absolute Gasteiger partial charge is 0.668 e. The number of hydrogen-bond donors (Lipinski definition) is 1. The van der Waals surface area contributed by atoms with Gasteiger partial charge in [0, 0.05) is 0 Å². The topological polar surface area (TPSA) is 20.2 Å². The van der Waals surface area contributed by atoms with E-state index in [-0.39, 0.29) is 5.46 Å². The van der Waals surface area contributed by atoms with Crippen molar-refractivity contribution in [3.63, 3.8) is 0 Å². The lowest BCUT2D eigenvalue weighted by molar-refractivity contribution is 0.602. The standard InChI is InChI=1S/C13H11BFO/c1-9-3-2-4-10(7-9)11-5-6-12(14-16)13(15)8-11/h2-8,16H,1H3/q-1. The molecule has 0 aliphatic rings. The lowest BCUT2D eigenvalue weighted by Gasteiger charge is -2.12. The van der Waals surface area contributed by atoms with Crippen molar-refractivity contribution in [2.45, 2.75) is 6.92 Å². The Kier molecular flexibility index (Phi) is 3.06. The Morgan fingerprint density at radius 2 is 1.81 bits per heavy atom. The molecule has 0 aromatic heterocycles. The average molecular weight is 213 g/mol. The van der Waals surface area contributed by atoms with Crippen molar-refractivity contribution in [2.75, 3.05) is 0 Å². The summed E-state index contributed by atoms with van der Waals surface area (Å²) in [6, 6.07) is 12.6. The van der Waals surface area contributed by atoms with Crippen molar-refractivity contribution in [1.29, 1.82) is 0 Å². The minimum Gasteiger partial charge on any atom is -0.668 e. The lowest BCUT2D eigenvalue weighted by Crippen LogP contribution is -2.17. The molecular formula is C13H11BFO-. The van der Waals surface area contributed by atoms with Crippen LogP contribution in [0, 0.1) is 12.7 Å². The zero-order chi connectivity index (χ0) is 11.5. The molecule has 1 nitrogen and oxygen atoms in total. The Balaban J connectivity index is 2.45. The summed E-state index contributed by atoms with van der Waals surface area (Å²) in [7, 11) is 0.773. The second kappa shape index (κ2) is 4.50. The first-order valence-electron chi connectivity index (χ1n) is 5.05. The van der Waals surface area contributed by atoms with Crippen LogP contribution in [0.2, 0.25) is 0 Å². The van der Waals surface area contributed by atoms with Gasteiger partial charge in [-0.05, 0) is 24.1 Å². The molecule has 0 saturated heterocycles. The molecule has 2 rings (SSSR count). The maximum Gasteiger partial charge on any atom is 0.0849 e. The van der Waals surface area contributed by atoms with E-state index < -0.39 is 5.82 Å². The van der Waals surface area contributed by atoms with E-state index in [0.29, 0.717) is 0 Å². The van der Waals surface area contributed by atoms with Crippen molar-refractivity contribution in [3.8, 4) is 11.1 Å². The molecule has 0 amide bonds. The highest BCUT2D eigenvalue weighted by atomic mass is 19.1. The molecule has 0 fully saturated rings. The molecule has 0 spiro atoms. The van der Waals surface area contributed by atoms with Crippen LogP contribution in [-0.2, 0) is 0 Å². The first-order chi connectivity index (χ1) is 7.70. The van der Waals surface area contributed by atoms with Crippen LogP contribution >= 0.6 is 0 Å². The molecule has 2 aromatic carbocycles. The van der Waals surface area contributed by atoms with E-state index in [4.69, 9.17) is 5.02 Å². The molecular weight excluding hydrogens is 202 g/mol. The zero-order valence-corrected chi connectivity index (χ0v) is 8.94. The Morgan fingerprint density at radius 1 is 1.06 bits per heavy atom. The molecule has 0 bridgehead atoms. The molecule has 0 aliphatic heterocycles. The fourth-order valence-corrected chi connectivity index (χ4v) is 1.64. The van der Waals surface area contributed by atoms with Crippen LogP contribution in [0.1, 0.15) is 5.56 Å². The van der Waals surface area contributed by atoms with Crippen molar-refractivity contribution in [3.05, 3.63) is 53.8 Å². The van der Waals surface area contributed by atoms with Crippen LogP contribution in [0.4, 0.5) is 4.39 Å². The predicted octanol–water partition coefficient (Wildman–Crippen LogP) is 2.04. The Bertz CT molecular complexity index is 511. The number of hydrogen-bond acceptors (Lipinski definition) is 1. The normalized spacial score (nSPS) is 10.4. The van der Waals surface area contributed by atoms with Crippen LogP contribution in [0.3, 0.4) is 0 Å². The minimum atomic E-state index is -0.415. The fraction of sp³-hybridized carbons (Fsp3) is 0.0769. The quantitative estimate of drug-likeness (QED) is 0.756. The summed E-state index contributed by atoms with van der Waals surface area (Å²) in [5, 5.41) is 8.76. The van der Waals surface area contributed by atoms with Crippen molar-refractivity contribution in [2.24, 2.45) is 0 Å². The smallest absolute Gasteiger partial charge is 0.0849 e.